The van der Waals surface area contributed by atoms with Gasteiger partial charge in [-0.15, -0.1) is 11.3 Å². The predicted octanol–water partition coefficient (Wildman–Crippen LogP) is 2.09. The Balaban J connectivity index is 1.97. The predicted molar refractivity (Wildman–Crippen MR) is 74.3 cm³/mol. The lowest BCUT2D eigenvalue weighted by molar-refractivity contribution is 1.05. The minimum Gasteiger partial charge on any atom is -0.388 e. The SMILES string of the molecule is Cc1nc(CNc2ccc(C(N)=S)nc2)cs1. The topological polar surface area (TPSA) is 63.8 Å². The van der Waals surface area contributed by atoms with E-state index < -0.39 is 0 Å². The van der Waals surface area contributed by atoms with Gasteiger partial charge in [-0.05, 0) is 19.1 Å². The number of rotatable bonds is 4. The van der Waals surface area contributed by atoms with E-state index in [9.17, 15) is 0 Å². The number of thiocarbonyl (C=S) groups is 1. The highest BCUT2D eigenvalue weighted by molar-refractivity contribution is 7.80. The van der Waals surface area contributed by atoms with Gasteiger partial charge in [-0.25, -0.2) is 4.98 Å². The Hall–Kier alpha value is -1.53. The van der Waals surface area contributed by atoms with Crippen LogP contribution in [0.2, 0.25) is 0 Å². The van der Waals surface area contributed by atoms with Gasteiger partial charge in [-0.2, -0.15) is 0 Å². The molecule has 2 aromatic rings. The summed E-state index contributed by atoms with van der Waals surface area (Å²) in [6.45, 7) is 2.69. The first-order valence-electron chi connectivity index (χ1n) is 5.06. The molecule has 0 spiro atoms. The first-order chi connectivity index (χ1) is 8.15. The third-order valence-corrected chi connectivity index (χ3v) is 3.19. The zero-order valence-corrected chi connectivity index (χ0v) is 10.9. The molecule has 0 atom stereocenters. The largest absolute Gasteiger partial charge is 0.388 e. The molecule has 0 saturated heterocycles. The van der Waals surface area contributed by atoms with Crippen molar-refractivity contribution < 1.29 is 0 Å². The minimum absolute atomic E-state index is 0.312. The molecule has 2 heterocycles. The summed E-state index contributed by atoms with van der Waals surface area (Å²) in [5.74, 6) is 0. The van der Waals surface area contributed by atoms with Crippen molar-refractivity contribution in [3.05, 3.63) is 40.1 Å². The molecule has 88 valence electrons. The molecule has 2 rings (SSSR count). The molecular weight excluding hydrogens is 252 g/mol. The van der Waals surface area contributed by atoms with Crippen molar-refractivity contribution in [2.45, 2.75) is 13.5 Å². The summed E-state index contributed by atoms with van der Waals surface area (Å²) in [6, 6.07) is 3.71. The molecular formula is C11H12N4S2. The number of nitrogens with one attached hydrogen (secondary N) is 1. The summed E-state index contributed by atoms with van der Waals surface area (Å²) in [5.41, 5.74) is 8.07. The lowest BCUT2D eigenvalue weighted by Crippen LogP contribution is -2.11. The maximum absolute atomic E-state index is 5.47. The van der Waals surface area contributed by atoms with Gasteiger partial charge in [-0.1, -0.05) is 12.2 Å². The van der Waals surface area contributed by atoms with Crippen LogP contribution in [0.4, 0.5) is 5.69 Å². The quantitative estimate of drug-likeness (QED) is 0.828. The van der Waals surface area contributed by atoms with Gasteiger partial charge >= 0.3 is 0 Å². The van der Waals surface area contributed by atoms with Crippen LogP contribution in [0.15, 0.2) is 23.7 Å². The summed E-state index contributed by atoms with van der Waals surface area (Å²) >= 11 is 6.48. The first-order valence-corrected chi connectivity index (χ1v) is 6.34. The Morgan fingerprint density at radius 1 is 1.53 bits per heavy atom. The van der Waals surface area contributed by atoms with Crippen LogP contribution in [0.1, 0.15) is 16.4 Å². The van der Waals surface area contributed by atoms with Gasteiger partial charge in [-0.3, -0.25) is 4.98 Å². The zero-order chi connectivity index (χ0) is 12.3. The van der Waals surface area contributed by atoms with Crippen LogP contribution < -0.4 is 11.1 Å². The molecule has 0 saturated carbocycles. The van der Waals surface area contributed by atoms with E-state index in [2.05, 4.69) is 15.3 Å². The molecule has 0 aromatic carbocycles. The second-order valence-corrected chi connectivity index (χ2v) is 5.01. The number of nitrogens with two attached hydrogens (primary N) is 1. The van der Waals surface area contributed by atoms with Gasteiger partial charge in [0.2, 0.25) is 0 Å². The van der Waals surface area contributed by atoms with Crippen LogP contribution in [-0.2, 0) is 6.54 Å². The summed E-state index contributed by atoms with van der Waals surface area (Å²) in [5, 5.41) is 6.35. The van der Waals surface area contributed by atoms with E-state index in [1.807, 2.05) is 18.4 Å². The Morgan fingerprint density at radius 2 is 2.35 bits per heavy atom. The fourth-order valence-corrected chi connectivity index (χ4v) is 2.06. The van der Waals surface area contributed by atoms with E-state index in [0.717, 1.165) is 16.4 Å². The molecule has 0 unspecified atom stereocenters. The maximum Gasteiger partial charge on any atom is 0.122 e. The van der Waals surface area contributed by atoms with Crippen molar-refractivity contribution in [1.29, 1.82) is 0 Å². The summed E-state index contributed by atoms with van der Waals surface area (Å²) in [6.07, 6.45) is 1.72. The smallest absolute Gasteiger partial charge is 0.122 e. The lowest BCUT2D eigenvalue weighted by atomic mass is 10.3. The second-order valence-electron chi connectivity index (χ2n) is 3.51. The summed E-state index contributed by atoms with van der Waals surface area (Å²) < 4.78 is 0. The van der Waals surface area contributed by atoms with Gasteiger partial charge in [0.25, 0.3) is 0 Å². The number of hydrogen-bond acceptors (Lipinski definition) is 5. The van der Waals surface area contributed by atoms with E-state index in [-0.39, 0.29) is 0 Å². The summed E-state index contributed by atoms with van der Waals surface area (Å²) in [7, 11) is 0. The van der Waals surface area contributed by atoms with Crippen LogP contribution >= 0.6 is 23.6 Å². The zero-order valence-electron chi connectivity index (χ0n) is 9.30. The molecule has 2 aromatic heterocycles. The van der Waals surface area contributed by atoms with Crippen molar-refractivity contribution in [3.8, 4) is 0 Å². The monoisotopic (exact) mass is 264 g/mol. The molecule has 0 radical (unpaired) electrons. The molecule has 6 heteroatoms. The van der Waals surface area contributed by atoms with E-state index in [1.54, 1.807) is 23.6 Å². The highest BCUT2D eigenvalue weighted by Gasteiger charge is 2.00. The Bertz CT molecular complexity index is 519. The highest BCUT2D eigenvalue weighted by atomic mass is 32.1. The number of anilines is 1. The van der Waals surface area contributed by atoms with Crippen LogP contribution in [0, 0.1) is 6.92 Å². The van der Waals surface area contributed by atoms with Crippen LogP contribution in [0.3, 0.4) is 0 Å². The number of hydrogen-bond donors (Lipinski definition) is 2. The van der Waals surface area contributed by atoms with Crippen molar-refractivity contribution in [2.24, 2.45) is 5.73 Å². The fourth-order valence-electron chi connectivity index (χ4n) is 1.33. The van der Waals surface area contributed by atoms with Gasteiger partial charge in [0.1, 0.15) is 4.99 Å². The third kappa shape index (κ3) is 3.21. The number of thiazole rings is 1. The van der Waals surface area contributed by atoms with Crippen LogP contribution in [-0.4, -0.2) is 15.0 Å². The standard InChI is InChI=1S/C11H12N4S2/c1-7-15-9(6-17-7)5-13-8-2-3-10(11(12)16)14-4-8/h2-4,6,13H,5H2,1H3,(H2,12,16). The highest BCUT2D eigenvalue weighted by Crippen LogP contribution is 2.11. The molecule has 4 nitrogen and oxygen atoms in total. The molecule has 0 aliphatic carbocycles. The minimum atomic E-state index is 0.312. The lowest BCUT2D eigenvalue weighted by Gasteiger charge is -2.04. The average molecular weight is 264 g/mol. The van der Waals surface area contributed by atoms with E-state index in [4.69, 9.17) is 18.0 Å². The normalized spacial score (nSPS) is 10.2. The van der Waals surface area contributed by atoms with Crippen molar-refractivity contribution >= 4 is 34.2 Å². The molecule has 0 bridgehead atoms. The molecule has 3 N–H and O–H groups in total. The van der Waals surface area contributed by atoms with Crippen molar-refractivity contribution in [1.82, 2.24) is 9.97 Å². The fraction of sp³-hybridized carbons (Fsp3) is 0.182. The molecule has 0 aliphatic heterocycles. The average Bonchev–Trinajstić information content (AvgIpc) is 2.73. The van der Waals surface area contributed by atoms with E-state index in [1.165, 1.54) is 0 Å². The molecule has 17 heavy (non-hydrogen) atoms. The van der Waals surface area contributed by atoms with E-state index in [0.29, 0.717) is 17.2 Å². The Kier molecular flexibility index (Phi) is 3.65. The summed E-state index contributed by atoms with van der Waals surface area (Å²) in [4.78, 5) is 8.83. The molecule has 0 amide bonds. The molecule has 0 aliphatic rings. The van der Waals surface area contributed by atoms with Gasteiger partial charge in [0, 0.05) is 5.38 Å². The number of nitrogens with zero attached hydrogens (tertiary/aromatic N) is 2. The maximum atomic E-state index is 5.47. The van der Waals surface area contributed by atoms with Gasteiger partial charge in [0.05, 0.1) is 34.8 Å². The van der Waals surface area contributed by atoms with Crippen molar-refractivity contribution in [2.75, 3.05) is 5.32 Å². The third-order valence-electron chi connectivity index (χ3n) is 2.16. The van der Waals surface area contributed by atoms with Gasteiger partial charge < -0.3 is 11.1 Å². The van der Waals surface area contributed by atoms with Gasteiger partial charge in [0.15, 0.2) is 0 Å². The van der Waals surface area contributed by atoms with Crippen LogP contribution in [0.5, 0.6) is 0 Å². The number of pyridine rings is 1. The van der Waals surface area contributed by atoms with E-state index >= 15 is 0 Å². The number of aryl methyl sites for hydroxylation is 1. The van der Waals surface area contributed by atoms with Crippen molar-refractivity contribution in [3.63, 3.8) is 0 Å². The first kappa shape index (κ1) is 11.9. The van der Waals surface area contributed by atoms with Crippen LogP contribution in [0.25, 0.3) is 0 Å². The Morgan fingerprint density at radius 3 is 2.88 bits per heavy atom. The second kappa shape index (κ2) is 5.20. The molecule has 0 fully saturated rings. The number of aromatic nitrogens is 2. The Labute approximate surface area is 109 Å².